The van der Waals surface area contributed by atoms with Crippen LogP contribution in [0.1, 0.15) is 16.7 Å². The first-order chi connectivity index (χ1) is 13.0. The van der Waals surface area contributed by atoms with Crippen LogP contribution in [0.4, 0.5) is 0 Å². The van der Waals surface area contributed by atoms with E-state index in [1.54, 1.807) is 26.0 Å². The third kappa shape index (κ3) is 3.97. The highest BCUT2D eigenvalue weighted by atomic mass is 35.5. The maximum Gasteiger partial charge on any atom is 0.243 e. The largest absolute Gasteiger partial charge is 0.243 e. The van der Waals surface area contributed by atoms with Gasteiger partial charge in [0, 0.05) is 31.2 Å². The maximum absolute atomic E-state index is 13.2. The molecule has 2 aromatic rings. The Labute approximate surface area is 171 Å². The number of hydrogen-bond acceptors (Lipinski definition) is 4. The molecular formula is C19H23ClN2O4S2. The Hall–Kier alpha value is -1.45. The third-order valence-corrected chi connectivity index (χ3v) is 9.17. The van der Waals surface area contributed by atoms with Crippen LogP contribution >= 0.6 is 11.6 Å². The van der Waals surface area contributed by atoms with E-state index in [9.17, 15) is 16.8 Å². The lowest BCUT2D eigenvalue weighted by atomic mass is 10.1. The zero-order valence-corrected chi connectivity index (χ0v) is 18.4. The summed E-state index contributed by atoms with van der Waals surface area (Å²) < 4.78 is 54.6. The minimum absolute atomic E-state index is 0.0953. The summed E-state index contributed by atoms with van der Waals surface area (Å²) in [7, 11) is -7.40. The summed E-state index contributed by atoms with van der Waals surface area (Å²) in [5, 5.41) is 0.340. The highest BCUT2D eigenvalue weighted by Gasteiger charge is 2.35. The number of sulfonamides is 2. The van der Waals surface area contributed by atoms with Gasteiger partial charge in [0.05, 0.1) is 9.79 Å². The Morgan fingerprint density at radius 3 is 1.79 bits per heavy atom. The number of hydrogen-bond donors (Lipinski definition) is 0. The van der Waals surface area contributed by atoms with Crippen molar-refractivity contribution in [2.45, 2.75) is 30.6 Å². The number of nitrogens with zero attached hydrogens (tertiary/aromatic N) is 2. The summed E-state index contributed by atoms with van der Waals surface area (Å²) >= 11 is 5.91. The van der Waals surface area contributed by atoms with Crippen LogP contribution in [0.15, 0.2) is 46.2 Å². The predicted octanol–water partition coefficient (Wildman–Crippen LogP) is 2.96. The number of piperazine rings is 1. The summed E-state index contributed by atoms with van der Waals surface area (Å²) in [6, 6.07) is 9.78. The van der Waals surface area contributed by atoms with Gasteiger partial charge < -0.3 is 0 Å². The molecule has 1 fully saturated rings. The molecule has 1 heterocycles. The Kier molecular flexibility index (Phi) is 5.89. The normalized spacial score (nSPS) is 17.0. The number of rotatable bonds is 4. The van der Waals surface area contributed by atoms with Gasteiger partial charge in [-0.1, -0.05) is 35.4 Å². The van der Waals surface area contributed by atoms with E-state index in [0.717, 1.165) is 5.56 Å². The van der Waals surface area contributed by atoms with Gasteiger partial charge in [0.2, 0.25) is 20.0 Å². The topological polar surface area (TPSA) is 74.8 Å². The van der Waals surface area contributed by atoms with Crippen molar-refractivity contribution in [2.24, 2.45) is 0 Å². The second-order valence-electron chi connectivity index (χ2n) is 6.99. The highest BCUT2D eigenvalue weighted by Crippen LogP contribution is 2.27. The molecule has 0 atom stereocenters. The molecule has 28 heavy (non-hydrogen) atoms. The van der Waals surface area contributed by atoms with Crippen molar-refractivity contribution in [3.63, 3.8) is 0 Å². The van der Waals surface area contributed by atoms with E-state index in [1.807, 2.05) is 19.1 Å². The molecule has 0 bridgehead atoms. The van der Waals surface area contributed by atoms with Crippen molar-refractivity contribution in [1.82, 2.24) is 8.61 Å². The highest BCUT2D eigenvalue weighted by molar-refractivity contribution is 7.89. The van der Waals surface area contributed by atoms with Crippen molar-refractivity contribution < 1.29 is 16.8 Å². The van der Waals surface area contributed by atoms with E-state index in [0.29, 0.717) is 21.0 Å². The molecular weight excluding hydrogens is 420 g/mol. The minimum Gasteiger partial charge on any atom is -0.207 e. The minimum atomic E-state index is -3.71. The van der Waals surface area contributed by atoms with Gasteiger partial charge in [-0.25, -0.2) is 16.8 Å². The fraction of sp³-hybridized carbons (Fsp3) is 0.368. The number of halogens is 1. The lowest BCUT2D eigenvalue weighted by Gasteiger charge is -2.33. The van der Waals surface area contributed by atoms with Crippen LogP contribution in [0.25, 0.3) is 0 Å². The van der Waals surface area contributed by atoms with Gasteiger partial charge in [0.15, 0.2) is 0 Å². The average molecular weight is 443 g/mol. The summed E-state index contributed by atoms with van der Waals surface area (Å²) in [4.78, 5) is 0.422. The van der Waals surface area contributed by atoms with E-state index >= 15 is 0 Å². The van der Waals surface area contributed by atoms with Crippen molar-refractivity contribution in [1.29, 1.82) is 0 Å². The fourth-order valence-corrected chi connectivity index (χ4v) is 7.19. The van der Waals surface area contributed by atoms with Gasteiger partial charge in [-0.05, 0) is 50.1 Å². The molecule has 0 aromatic heterocycles. The molecule has 0 amide bonds. The molecule has 3 rings (SSSR count). The van der Waals surface area contributed by atoms with E-state index in [-0.39, 0.29) is 31.1 Å². The standard InChI is InChI=1S/C19H23ClN2O4S2/c1-14-11-15(2)19(16(3)12-14)28(25,26)22-9-7-21(8-10-22)27(23,24)18-6-4-5-17(20)13-18/h4-6,11-13H,7-10H2,1-3H3. The van der Waals surface area contributed by atoms with Gasteiger partial charge in [-0.2, -0.15) is 8.61 Å². The van der Waals surface area contributed by atoms with Gasteiger partial charge in [-0.3, -0.25) is 0 Å². The van der Waals surface area contributed by atoms with Crippen LogP contribution in [-0.4, -0.2) is 51.6 Å². The summed E-state index contributed by atoms with van der Waals surface area (Å²) in [6.45, 7) is 5.90. The lowest BCUT2D eigenvalue weighted by molar-refractivity contribution is 0.272. The van der Waals surface area contributed by atoms with E-state index in [1.165, 1.54) is 20.7 Å². The zero-order valence-electron chi connectivity index (χ0n) is 16.0. The van der Waals surface area contributed by atoms with E-state index in [2.05, 4.69) is 0 Å². The quantitative estimate of drug-likeness (QED) is 0.729. The third-order valence-electron chi connectivity index (χ3n) is 4.83. The maximum atomic E-state index is 13.2. The van der Waals surface area contributed by atoms with Crippen molar-refractivity contribution in [3.8, 4) is 0 Å². The molecule has 0 radical (unpaired) electrons. The van der Waals surface area contributed by atoms with Crippen LogP contribution in [0.5, 0.6) is 0 Å². The Balaban J connectivity index is 1.82. The summed E-state index contributed by atoms with van der Waals surface area (Å²) in [6.07, 6.45) is 0. The smallest absolute Gasteiger partial charge is 0.207 e. The number of benzene rings is 2. The first kappa shape index (κ1) is 21.3. The molecule has 152 valence electrons. The molecule has 0 aliphatic carbocycles. The van der Waals surface area contributed by atoms with Crippen LogP contribution in [-0.2, 0) is 20.0 Å². The molecule has 0 N–H and O–H groups in total. The first-order valence-electron chi connectivity index (χ1n) is 8.87. The van der Waals surface area contributed by atoms with Crippen LogP contribution in [0.3, 0.4) is 0 Å². The molecule has 2 aromatic carbocycles. The second kappa shape index (κ2) is 7.76. The summed E-state index contributed by atoms with van der Waals surface area (Å²) in [5.74, 6) is 0. The molecule has 0 spiro atoms. The molecule has 9 heteroatoms. The Bertz CT molecular complexity index is 1080. The van der Waals surface area contributed by atoms with Crippen molar-refractivity contribution >= 4 is 31.6 Å². The van der Waals surface area contributed by atoms with Gasteiger partial charge >= 0.3 is 0 Å². The van der Waals surface area contributed by atoms with E-state index in [4.69, 9.17) is 11.6 Å². The Morgan fingerprint density at radius 2 is 1.29 bits per heavy atom. The molecule has 0 saturated carbocycles. The van der Waals surface area contributed by atoms with Crippen LogP contribution in [0, 0.1) is 20.8 Å². The zero-order chi connectivity index (χ0) is 20.7. The molecule has 1 aliphatic heterocycles. The van der Waals surface area contributed by atoms with Crippen LogP contribution < -0.4 is 0 Å². The fourth-order valence-electron chi connectivity index (χ4n) is 3.63. The molecule has 0 unspecified atom stereocenters. The Morgan fingerprint density at radius 1 is 0.786 bits per heavy atom. The number of aryl methyl sites for hydroxylation is 3. The lowest BCUT2D eigenvalue weighted by Crippen LogP contribution is -2.50. The molecule has 1 saturated heterocycles. The van der Waals surface area contributed by atoms with Crippen molar-refractivity contribution in [2.75, 3.05) is 26.2 Å². The summed E-state index contributed by atoms with van der Waals surface area (Å²) in [5.41, 5.74) is 2.41. The monoisotopic (exact) mass is 442 g/mol. The van der Waals surface area contributed by atoms with Gasteiger partial charge in [-0.15, -0.1) is 0 Å². The van der Waals surface area contributed by atoms with Crippen LogP contribution in [0.2, 0.25) is 5.02 Å². The second-order valence-corrected chi connectivity index (χ2v) is 11.2. The van der Waals surface area contributed by atoms with Crippen molar-refractivity contribution in [3.05, 3.63) is 58.1 Å². The SMILES string of the molecule is Cc1cc(C)c(S(=O)(=O)N2CCN(S(=O)(=O)c3cccc(Cl)c3)CC2)c(C)c1. The first-order valence-corrected chi connectivity index (χ1v) is 12.1. The van der Waals surface area contributed by atoms with Gasteiger partial charge in [0.1, 0.15) is 0 Å². The van der Waals surface area contributed by atoms with Gasteiger partial charge in [0.25, 0.3) is 0 Å². The average Bonchev–Trinajstić information content (AvgIpc) is 2.60. The predicted molar refractivity (Wildman–Crippen MR) is 110 cm³/mol. The molecule has 1 aliphatic rings. The van der Waals surface area contributed by atoms with E-state index < -0.39 is 20.0 Å². The molecule has 6 nitrogen and oxygen atoms in total.